The number of carbonyl (C=O) groups is 1. The third kappa shape index (κ3) is 3.20. The maximum absolute atomic E-state index is 10.6. The van der Waals surface area contributed by atoms with Crippen LogP contribution in [0, 0.1) is 6.92 Å². The molecule has 0 aliphatic rings. The Bertz CT molecular complexity index is 528. The van der Waals surface area contributed by atoms with E-state index < -0.39 is 0 Å². The molecule has 0 bridgehead atoms. The number of hydrogen-bond donors (Lipinski definition) is 0. The molecule has 2 rings (SSSR count). The maximum Gasteiger partial charge on any atom is 0.302 e. The monoisotopic (exact) mass is 245 g/mol. The first-order valence-corrected chi connectivity index (χ1v) is 5.80. The Hall–Kier alpha value is -2.10. The first-order valence-electron chi connectivity index (χ1n) is 5.80. The molecule has 0 spiro atoms. The molecule has 2 aromatic rings. The lowest BCUT2D eigenvalue weighted by Gasteiger charge is -1.97. The van der Waals surface area contributed by atoms with Gasteiger partial charge in [-0.3, -0.25) is 4.79 Å². The average molecular weight is 245 g/mol. The molecule has 0 saturated heterocycles. The van der Waals surface area contributed by atoms with E-state index in [1.54, 1.807) is 6.26 Å². The van der Waals surface area contributed by atoms with Crippen molar-refractivity contribution in [3.63, 3.8) is 0 Å². The Morgan fingerprint density at radius 1 is 1.33 bits per heavy atom. The minimum atomic E-state index is -0.291. The zero-order valence-electron chi connectivity index (χ0n) is 10.5. The van der Waals surface area contributed by atoms with Crippen LogP contribution in [-0.4, -0.2) is 17.6 Å². The van der Waals surface area contributed by atoms with E-state index in [2.05, 4.69) is 4.98 Å². The lowest BCUT2D eigenvalue weighted by atomic mass is 10.1. The third-order valence-electron chi connectivity index (χ3n) is 2.52. The second-order valence-electron chi connectivity index (χ2n) is 4.08. The molecule has 0 saturated carbocycles. The summed E-state index contributed by atoms with van der Waals surface area (Å²) in [5.41, 5.74) is 3.02. The van der Waals surface area contributed by atoms with Crippen LogP contribution >= 0.6 is 0 Å². The maximum atomic E-state index is 10.6. The summed E-state index contributed by atoms with van der Waals surface area (Å²) in [6, 6.07) is 8.07. The van der Waals surface area contributed by atoms with E-state index in [1.165, 1.54) is 12.5 Å². The number of carbonyl (C=O) groups excluding carboxylic acids is 1. The topological polar surface area (TPSA) is 52.3 Å². The summed E-state index contributed by atoms with van der Waals surface area (Å²) in [5, 5.41) is 0. The van der Waals surface area contributed by atoms with Gasteiger partial charge in [-0.2, -0.15) is 0 Å². The molecule has 0 aliphatic heterocycles. The lowest BCUT2D eigenvalue weighted by molar-refractivity contribution is -0.140. The van der Waals surface area contributed by atoms with Gasteiger partial charge in [-0.05, 0) is 6.92 Å². The fraction of sp³-hybridized carbons (Fsp3) is 0.286. The van der Waals surface area contributed by atoms with Gasteiger partial charge in [-0.1, -0.05) is 29.8 Å². The van der Waals surface area contributed by atoms with Crippen LogP contribution < -0.4 is 0 Å². The summed E-state index contributed by atoms with van der Waals surface area (Å²) in [4.78, 5) is 15.0. The van der Waals surface area contributed by atoms with Gasteiger partial charge >= 0.3 is 5.97 Å². The summed E-state index contributed by atoms with van der Waals surface area (Å²) in [6.07, 6.45) is 2.11. The van der Waals surface area contributed by atoms with E-state index in [1.807, 2.05) is 31.2 Å². The molecule has 0 atom stereocenters. The predicted octanol–water partition coefficient (Wildman–Crippen LogP) is 2.76. The number of ether oxygens (including phenoxy) is 1. The van der Waals surface area contributed by atoms with E-state index in [-0.39, 0.29) is 5.97 Å². The molecule has 1 aromatic carbocycles. The van der Waals surface area contributed by atoms with Crippen molar-refractivity contribution in [2.24, 2.45) is 0 Å². The van der Waals surface area contributed by atoms with Gasteiger partial charge in [0.25, 0.3) is 0 Å². The zero-order chi connectivity index (χ0) is 13.0. The van der Waals surface area contributed by atoms with Crippen LogP contribution in [0.25, 0.3) is 11.3 Å². The van der Waals surface area contributed by atoms with Gasteiger partial charge in [0.05, 0.1) is 13.0 Å². The fourth-order valence-corrected chi connectivity index (χ4v) is 1.56. The number of benzene rings is 1. The number of rotatable bonds is 4. The minimum Gasteiger partial charge on any atom is -0.465 e. The average Bonchev–Trinajstić information content (AvgIpc) is 2.78. The van der Waals surface area contributed by atoms with E-state index in [0.29, 0.717) is 18.9 Å². The Labute approximate surface area is 106 Å². The molecule has 94 valence electrons. The van der Waals surface area contributed by atoms with Gasteiger partial charge in [0, 0.05) is 12.5 Å². The molecule has 4 heteroatoms. The van der Waals surface area contributed by atoms with Gasteiger partial charge in [-0.25, -0.2) is 4.98 Å². The predicted molar refractivity (Wildman–Crippen MR) is 67.0 cm³/mol. The number of esters is 1. The SMILES string of the molecule is CC(=O)OCCc1nc(-c2ccc(C)cc2)co1. The molecular formula is C14H15NO3. The number of aromatic nitrogens is 1. The van der Waals surface area contributed by atoms with Crippen molar-refractivity contribution in [3.8, 4) is 11.3 Å². The highest BCUT2D eigenvalue weighted by molar-refractivity contribution is 5.65. The summed E-state index contributed by atoms with van der Waals surface area (Å²) >= 11 is 0. The summed E-state index contributed by atoms with van der Waals surface area (Å²) in [5.74, 6) is 0.284. The van der Waals surface area contributed by atoms with Gasteiger partial charge in [-0.15, -0.1) is 0 Å². The van der Waals surface area contributed by atoms with E-state index in [0.717, 1.165) is 11.3 Å². The van der Waals surface area contributed by atoms with Crippen LogP contribution in [-0.2, 0) is 16.0 Å². The van der Waals surface area contributed by atoms with Crippen LogP contribution in [0.4, 0.5) is 0 Å². The Morgan fingerprint density at radius 2 is 2.06 bits per heavy atom. The molecule has 0 amide bonds. The van der Waals surface area contributed by atoms with Crippen molar-refractivity contribution >= 4 is 5.97 Å². The van der Waals surface area contributed by atoms with Gasteiger partial charge in [0.1, 0.15) is 12.0 Å². The van der Waals surface area contributed by atoms with E-state index >= 15 is 0 Å². The minimum absolute atomic E-state index is 0.291. The Balaban J connectivity index is 2.01. The molecular weight excluding hydrogens is 230 g/mol. The van der Waals surface area contributed by atoms with Gasteiger partial charge in [0.2, 0.25) is 0 Å². The number of aryl methyl sites for hydroxylation is 1. The normalized spacial score (nSPS) is 10.3. The highest BCUT2D eigenvalue weighted by Gasteiger charge is 2.06. The number of nitrogens with zero attached hydrogens (tertiary/aromatic N) is 1. The van der Waals surface area contributed by atoms with Crippen molar-refractivity contribution in [3.05, 3.63) is 42.0 Å². The van der Waals surface area contributed by atoms with Crippen LogP contribution in [0.5, 0.6) is 0 Å². The van der Waals surface area contributed by atoms with Crippen molar-refractivity contribution in [1.82, 2.24) is 4.98 Å². The molecule has 0 N–H and O–H groups in total. The highest BCUT2D eigenvalue weighted by Crippen LogP contribution is 2.19. The standard InChI is InChI=1S/C14H15NO3/c1-10-3-5-12(6-4-10)13-9-18-14(15-13)7-8-17-11(2)16/h3-6,9H,7-8H2,1-2H3. The lowest BCUT2D eigenvalue weighted by Crippen LogP contribution is -2.03. The fourth-order valence-electron chi connectivity index (χ4n) is 1.56. The van der Waals surface area contributed by atoms with Crippen molar-refractivity contribution in [1.29, 1.82) is 0 Å². The molecule has 0 aliphatic carbocycles. The van der Waals surface area contributed by atoms with Crippen molar-refractivity contribution < 1.29 is 13.9 Å². The Morgan fingerprint density at radius 3 is 2.72 bits per heavy atom. The van der Waals surface area contributed by atoms with E-state index in [4.69, 9.17) is 9.15 Å². The zero-order valence-corrected chi connectivity index (χ0v) is 10.5. The summed E-state index contributed by atoms with van der Waals surface area (Å²) in [6.45, 7) is 3.72. The Kier molecular flexibility index (Phi) is 3.77. The number of oxazole rings is 1. The molecule has 0 fully saturated rings. The van der Waals surface area contributed by atoms with Crippen molar-refractivity contribution in [2.45, 2.75) is 20.3 Å². The largest absolute Gasteiger partial charge is 0.465 e. The molecule has 18 heavy (non-hydrogen) atoms. The molecule has 1 aromatic heterocycles. The van der Waals surface area contributed by atoms with Crippen molar-refractivity contribution in [2.75, 3.05) is 6.61 Å². The third-order valence-corrected chi connectivity index (χ3v) is 2.52. The second kappa shape index (κ2) is 5.49. The summed E-state index contributed by atoms with van der Waals surface area (Å²) in [7, 11) is 0. The van der Waals surface area contributed by atoms with Crippen LogP contribution in [0.3, 0.4) is 0 Å². The van der Waals surface area contributed by atoms with Crippen LogP contribution in [0.15, 0.2) is 34.9 Å². The van der Waals surface area contributed by atoms with E-state index in [9.17, 15) is 4.79 Å². The second-order valence-corrected chi connectivity index (χ2v) is 4.08. The number of hydrogen-bond acceptors (Lipinski definition) is 4. The van der Waals surface area contributed by atoms with Crippen LogP contribution in [0.2, 0.25) is 0 Å². The molecule has 1 heterocycles. The first kappa shape index (κ1) is 12.4. The molecule has 0 unspecified atom stereocenters. The quantitative estimate of drug-likeness (QED) is 0.777. The van der Waals surface area contributed by atoms with Crippen LogP contribution in [0.1, 0.15) is 18.4 Å². The first-order chi connectivity index (χ1) is 8.65. The smallest absolute Gasteiger partial charge is 0.302 e. The highest BCUT2D eigenvalue weighted by atomic mass is 16.5. The molecule has 0 radical (unpaired) electrons. The summed E-state index contributed by atoms with van der Waals surface area (Å²) < 4.78 is 10.2. The van der Waals surface area contributed by atoms with Gasteiger partial charge in [0.15, 0.2) is 5.89 Å². The van der Waals surface area contributed by atoms with Gasteiger partial charge < -0.3 is 9.15 Å². The molecule has 4 nitrogen and oxygen atoms in total.